The number of carbonyl (C=O) groups is 3. The topological polar surface area (TPSA) is 132 Å². The van der Waals surface area contributed by atoms with E-state index in [2.05, 4.69) is 4.72 Å². The Morgan fingerprint density at radius 3 is 2.52 bits per heavy atom. The van der Waals surface area contributed by atoms with Crippen molar-refractivity contribution in [1.29, 1.82) is 0 Å². The molecule has 4 heterocycles. The second-order valence-electron chi connectivity index (χ2n) is 15.7. The first kappa shape index (κ1) is 33.3. The zero-order chi connectivity index (χ0) is 34.1. The first-order chi connectivity index (χ1) is 22.8. The van der Waals surface area contributed by atoms with E-state index in [1.165, 1.54) is 0 Å². The average molecular weight is 680 g/mol. The highest BCUT2D eigenvalue weighted by Gasteiger charge is 2.63. The van der Waals surface area contributed by atoms with Gasteiger partial charge in [0.2, 0.25) is 21.8 Å². The second kappa shape index (κ2) is 12.0. The van der Waals surface area contributed by atoms with Crippen LogP contribution in [0.5, 0.6) is 11.5 Å². The summed E-state index contributed by atoms with van der Waals surface area (Å²) in [5, 5.41) is 0.973. The van der Waals surface area contributed by atoms with E-state index < -0.39 is 37.7 Å². The number of benzene rings is 1. The van der Waals surface area contributed by atoms with Crippen LogP contribution >= 0.6 is 0 Å². The molecular weight excluding hydrogens is 630 g/mol. The molecule has 1 aromatic carbocycles. The van der Waals surface area contributed by atoms with E-state index in [0.717, 1.165) is 72.9 Å². The number of methoxy groups -OCH3 is 1. The van der Waals surface area contributed by atoms with Gasteiger partial charge in [-0.3, -0.25) is 19.1 Å². The Labute approximate surface area is 283 Å². The Morgan fingerprint density at radius 1 is 1.06 bits per heavy atom. The molecule has 7 rings (SSSR count). The molecule has 3 aliphatic heterocycles. The van der Waals surface area contributed by atoms with Crippen molar-refractivity contribution in [1.82, 2.24) is 14.6 Å². The van der Waals surface area contributed by atoms with E-state index in [4.69, 9.17) is 14.5 Å². The number of carbonyl (C=O) groups excluding carboxylic acids is 3. The van der Waals surface area contributed by atoms with Crippen LogP contribution < -0.4 is 14.2 Å². The zero-order valence-corrected chi connectivity index (χ0v) is 29.5. The number of amides is 2. The van der Waals surface area contributed by atoms with Crippen LogP contribution in [0.4, 0.5) is 0 Å². The summed E-state index contributed by atoms with van der Waals surface area (Å²) in [6.45, 7) is 5.83. The van der Waals surface area contributed by atoms with Crippen LogP contribution in [0.2, 0.25) is 0 Å². The van der Waals surface area contributed by atoms with Crippen molar-refractivity contribution in [2.24, 2.45) is 17.3 Å². The van der Waals surface area contributed by atoms with Crippen LogP contribution in [0.15, 0.2) is 18.2 Å². The van der Waals surface area contributed by atoms with Gasteiger partial charge in [-0.2, -0.15) is 0 Å². The fourth-order valence-electron chi connectivity index (χ4n) is 8.61. The SMILES string of the molecule is COc1ccc2nc(C)c3c(c2c1)CC[C@]1(C[C@H]2C(=O)C[C@]4(C(=O)NS(=O)(=O)C5(C)CC5)C[C@H]4CCCCCCC[C@H](C)C(=O)N2C1)O3. The van der Waals surface area contributed by atoms with E-state index in [9.17, 15) is 22.8 Å². The number of hydrogen-bond acceptors (Lipinski definition) is 8. The first-order valence-corrected chi connectivity index (χ1v) is 19.3. The Hall–Kier alpha value is -3.21. The summed E-state index contributed by atoms with van der Waals surface area (Å²) in [7, 11) is -2.21. The summed E-state index contributed by atoms with van der Waals surface area (Å²) in [4.78, 5) is 49.0. The van der Waals surface area contributed by atoms with E-state index >= 15 is 0 Å². The van der Waals surface area contributed by atoms with Gasteiger partial charge >= 0.3 is 0 Å². The van der Waals surface area contributed by atoms with E-state index in [0.29, 0.717) is 44.3 Å². The van der Waals surface area contributed by atoms with Crippen molar-refractivity contribution in [2.75, 3.05) is 13.7 Å². The molecule has 11 heteroatoms. The van der Waals surface area contributed by atoms with Crippen molar-refractivity contribution < 1.29 is 32.3 Å². The minimum absolute atomic E-state index is 0.0518. The molecular formula is C37H49N3O7S. The Bertz CT molecular complexity index is 1770. The molecule has 48 heavy (non-hydrogen) atoms. The molecule has 1 aromatic heterocycles. The number of pyridine rings is 1. The first-order valence-electron chi connectivity index (χ1n) is 17.9. The number of rotatable bonds is 4. The molecule has 0 radical (unpaired) electrons. The van der Waals surface area contributed by atoms with Gasteiger partial charge in [-0.15, -0.1) is 0 Å². The minimum atomic E-state index is -3.85. The van der Waals surface area contributed by atoms with E-state index in [1.807, 2.05) is 32.0 Å². The lowest BCUT2D eigenvalue weighted by atomic mass is 9.85. The van der Waals surface area contributed by atoms with Crippen LogP contribution in [-0.4, -0.2) is 65.9 Å². The van der Waals surface area contributed by atoms with Gasteiger partial charge < -0.3 is 14.4 Å². The Kier molecular flexibility index (Phi) is 8.31. The van der Waals surface area contributed by atoms with Gasteiger partial charge in [0.1, 0.15) is 17.1 Å². The molecule has 2 saturated carbocycles. The molecule has 0 unspecified atom stereocenters. The maximum Gasteiger partial charge on any atom is 0.240 e. The molecule has 1 spiro atoms. The van der Waals surface area contributed by atoms with Crippen LogP contribution in [0.1, 0.15) is 109 Å². The van der Waals surface area contributed by atoms with Crippen LogP contribution in [0, 0.1) is 24.2 Å². The number of aryl methyl sites for hydroxylation is 2. The van der Waals surface area contributed by atoms with Crippen molar-refractivity contribution in [2.45, 2.75) is 127 Å². The largest absolute Gasteiger partial charge is 0.497 e. The summed E-state index contributed by atoms with van der Waals surface area (Å²) >= 11 is 0. The van der Waals surface area contributed by atoms with Gasteiger partial charge in [-0.05, 0) is 82.9 Å². The Morgan fingerprint density at radius 2 is 1.79 bits per heavy atom. The fourth-order valence-corrected chi connectivity index (χ4v) is 9.95. The number of sulfonamides is 1. The van der Waals surface area contributed by atoms with Gasteiger partial charge in [-0.1, -0.05) is 39.0 Å². The third kappa shape index (κ3) is 5.77. The highest BCUT2D eigenvalue weighted by molar-refractivity contribution is 7.91. The molecule has 4 fully saturated rings. The standard InChI is InChI=1S/C37H49N3O7S/c1-23-10-8-6-5-7-9-11-25-19-37(25,34(43)39-48(44,45)35(3)16-17-35)21-31(41)30-20-36(22-40(30)33(23)42)15-14-27-28-18-26(46-4)12-13-29(28)38-24(2)32(27)47-36/h12-13,18,23,25,30H,5-11,14-17,19-22H2,1-4H3,(H,39,43)/t23-,25+,30-,36+,37+/m0/s1. The Balaban J connectivity index is 1.20. The van der Waals surface area contributed by atoms with Crippen LogP contribution in [-0.2, 0) is 30.8 Å². The van der Waals surface area contributed by atoms with Crippen molar-refractivity contribution in [3.8, 4) is 11.5 Å². The lowest BCUT2D eigenvalue weighted by Crippen LogP contribution is -2.47. The monoisotopic (exact) mass is 679 g/mol. The predicted octanol–water partition coefficient (Wildman–Crippen LogP) is 5.56. The number of ether oxygens (including phenoxy) is 2. The van der Waals surface area contributed by atoms with Crippen LogP contribution in [0.25, 0.3) is 10.9 Å². The lowest BCUT2D eigenvalue weighted by molar-refractivity contribution is -0.142. The van der Waals surface area contributed by atoms with Gasteiger partial charge in [0.05, 0.1) is 41.1 Å². The van der Waals surface area contributed by atoms with Gasteiger partial charge in [0.25, 0.3) is 0 Å². The average Bonchev–Trinajstić information content (AvgIpc) is 3.95. The third-order valence-corrected chi connectivity index (χ3v) is 14.4. The van der Waals surface area contributed by atoms with Crippen molar-refractivity contribution >= 4 is 38.5 Å². The number of nitrogens with zero attached hydrogens (tertiary/aromatic N) is 2. The number of hydrogen-bond donors (Lipinski definition) is 1. The van der Waals surface area contributed by atoms with Crippen LogP contribution in [0.3, 0.4) is 0 Å². The number of Topliss-reactive ketones (excluding diaryl/α,β-unsaturated/α-hetero) is 1. The maximum atomic E-state index is 14.5. The number of ketones is 1. The number of nitrogens with one attached hydrogen (secondary N) is 1. The minimum Gasteiger partial charge on any atom is -0.497 e. The maximum absolute atomic E-state index is 14.5. The van der Waals surface area contributed by atoms with Crippen molar-refractivity contribution in [3.05, 3.63) is 29.5 Å². The smallest absolute Gasteiger partial charge is 0.240 e. The van der Waals surface area contributed by atoms with E-state index in [1.54, 1.807) is 18.9 Å². The third-order valence-electron chi connectivity index (χ3n) is 12.2. The molecule has 2 saturated heterocycles. The van der Waals surface area contributed by atoms with Crippen molar-refractivity contribution in [3.63, 3.8) is 0 Å². The zero-order valence-electron chi connectivity index (χ0n) is 28.7. The lowest BCUT2D eigenvalue weighted by Gasteiger charge is -2.36. The van der Waals surface area contributed by atoms with Gasteiger partial charge in [0.15, 0.2) is 5.78 Å². The van der Waals surface area contributed by atoms with Gasteiger partial charge in [-0.25, -0.2) is 13.4 Å². The highest BCUT2D eigenvalue weighted by atomic mass is 32.2. The second-order valence-corrected chi connectivity index (χ2v) is 17.9. The molecule has 10 nitrogen and oxygen atoms in total. The molecule has 5 atom stereocenters. The molecule has 0 bridgehead atoms. The number of aromatic nitrogens is 1. The summed E-state index contributed by atoms with van der Waals surface area (Å²) in [6, 6.07) is 5.08. The van der Waals surface area contributed by atoms with Gasteiger partial charge in [0, 0.05) is 29.7 Å². The molecule has 5 aliphatic rings. The molecule has 1 N–H and O–H groups in total. The number of fused-ring (bicyclic) bond motifs is 5. The normalized spacial score (nSPS) is 31.9. The highest BCUT2D eigenvalue weighted by Crippen LogP contribution is 2.59. The summed E-state index contributed by atoms with van der Waals surface area (Å²) < 4.78 is 40.1. The molecule has 2 amide bonds. The molecule has 2 aliphatic carbocycles. The summed E-state index contributed by atoms with van der Waals surface area (Å²) in [6.07, 6.45) is 9.65. The summed E-state index contributed by atoms with van der Waals surface area (Å²) in [5.74, 6) is 0.363. The quantitative estimate of drug-likeness (QED) is 0.445. The van der Waals surface area contributed by atoms with E-state index in [-0.39, 0.29) is 36.5 Å². The molecule has 2 aromatic rings. The molecule has 260 valence electrons. The fraction of sp³-hybridized carbons (Fsp3) is 0.676. The summed E-state index contributed by atoms with van der Waals surface area (Å²) in [5.41, 5.74) is 0.850. The predicted molar refractivity (Wildman–Crippen MR) is 181 cm³/mol.